The third kappa shape index (κ3) is 4.95. The molecule has 1 saturated heterocycles. The highest BCUT2D eigenvalue weighted by atomic mass is 32.2. The lowest BCUT2D eigenvalue weighted by Gasteiger charge is -2.18. The van der Waals surface area contributed by atoms with Crippen LogP contribution in [-0.2, 0) is 21.4 Å². The second kappa shape index (κ2) is 8.95. The fourth-order valence-electron chi connectivity index (χ4n) is 2.95. The predicted molar refractivity (Wildman–Crippen MR) is 106 cm³/mol. The summed E-state index contributed by atoms with van der Waals surface area (Å²) in [5.41, 5.74) is 0.410. The molecule has 12 heteroatoms. The van der Waals surface area contributed by atoms with Gasteiger partial charge in [-0.15, -0.1) is 0 Å². The molecule has 0 bridgehead atoms. The Labute approximate surface area is 173 Å². The zero-order valence-corrected chi connectivity index (χ0v) is 17.2. The van der Waals surface area contributed by atoms with Crippen LogP contribution in [0.4, 0.5) is 10.7 Å². The molecule has 0 radical (unpaired) electrons. The Balaban J connectivity index is 1.77. The van der Waals surface area contributed by atoms with Gasteiger partial charge in [0.05, 0.1) is 25.2 Å². The van der Waals surface area contributed by atoms with E-state index in [1.807, 2.05) is 4.72 Å². The van der Waals surface area contributed by atoms with Crippen molar-refractivity contribution in [2.24, 2.45) is 0 Å². The van der Waals surface area contributed by atoms with Crippen molar-refractivity contribution in [3.8, 4) is 11.8 Å². The summed E-state index contributed by atoms with van der Waals surface area (Å²) in [5.74, 6) is 0.0214. The average Bonchev–Trinajstić information content (AvgIpc) is 3.11. The predicted octanol–water partition coefficient (Wildman–Crippen LogP) is 1.13. The third-order valence-electron chi connectivity index (χ3n) is 4.34. The normalized spacial score (nSPS) is 13.8. The van der Waals surface area contributed by atoms with Crippen LogP contribution >= 0.6 is 0 Å². The lowest BCUT2D eigenvalue weighted by molar-refractivity contribution is -0.128. The smallest absolute Gasteiger partial charge is 0.335 e. The Hall–Kier alpha value is -3.41. The van der Waals surface area contributed by atoms with E-state index in [9.17, 15) is 18.0 Å². The minimum Gasteiger partial charge on any atom is -0.481 e. The first kappa shape index (κ1) is 21.3. The van der Waals surface area contributed by atoms with Crippen LogP contribution in [0.15, 0.2) is 35.2 Å². The molecule has 11 nitrogen and oxygen atoms in total. The van der Waals surface area contributed by atoms with Gasteiger partial charge >= 0.3 is 6.03 Å². The molecule has 3 amide bonds. The highest BCUT2D eigenvalue weighted by Gasteiger charge is 2.25. The summed E-state index contributed by atoms with van der Waals surface area (Å²) in [6, 6.07) is 6.53. The molecule has 2 aromatic rings. The molecular formula is C18H21N5O6S. The van der Waals surface area contributed by atoms with Gasteiger partial charge in [0.2, 0.25) is 23.6 Å². The quantitative estimate of drug-likeness (QED) is 0.660. The van der Waals surface area contributed by atoms with Crippen molar-refractivity contribution in [2.75, 3.05) is 26.1 Å². The number of likely N-dealkylation sites (tertiary alicyclic amines) is 1. The van der Waals surface area contributed by atoms with Crippen LogP contribution in [0.1, 0.15) is 18.4 Å². The number of carbonyl (C=O) groups is 2. The Morgan fingerprint density at radius 1 is 1.17 bits per heavy atom. The Kier molecular flexibility index (Phi) is 6.35. The molecule has 0 unspecified atom stereocenters. The van der Waals surface area contributed by atoms with Crippen LogP contribution in [0.3, 0.4) is 0 Å². The number of nitrogens with zero attached hydrogens (tertiary/aromatic N) is 3. The second-order valence-electron chi connectivity index (χ2n) is 6.36. The fourth-order valence-corrected chi connectivity index (χ4v) is 4.09. The maximum absolute atomic E-state index is 12.8. The van der Waals surface area contributed by atoms with Gasteiger partial charge in [-0.25, -0.2) is 17.9 Å². The first-order valence-corrected chi connectivity index (χ1v) is 10.5. The largest absolute Gasteiger partial charge is 0.481 e. The van der Waals surface area contributed by atoms with Gasteiger partial charge < -0.3 is 14.4 Å². The summed E-state index contributed by atoms with van der Waals surface area (Å²) in [4.78, 5) is 33.5. The minimum absolute atomic E-state index is 0.0305. The van der Waals surface area contributed by atoms with Gasteiger partial charge in [0.25, 0.3) is 10.0 Å². The Morgan fingerprint density at radius 3 is 2.43 bits per heavy atom. The number of hydrogen-bond acceptors (Lipinski definition) is 8. The van der Waals surface area contributed by atoms with Crippen molar-refractivity contribution in [1.29, 1.82) is 0 Å². The van der Waals surface area contributed by atoms with Crippen molar-refractivity contribution in [3.63, 3.8) is 0 Å². The van der Waals surface area contributed by atoms with E-state index in [0.717, 1.165) is 6.42 Å². The number of benzene rings is 1. The highest BCUT2D eigenvalue weighted by Crippen LogP contribution is 2.21. The summed E-state index contributed by atoms with van der Waals surface area (Å²) in [7, 11) is -1.47. The number of aromatic nitrogens is 2. The number of nitrogens with one attached hydrogen (secondary N) is 2. The third-order valence-corrected chi connectivity index (χ3v) is 5.78. The maximum Gasteiger partial charge on any atom is 0.335 e. The molecule has 160 valence electrons. The maximum atomic E-state index is 12.8. The van der Waals surface area contributed by atoms with Gasteiger partial charge in [0.15, 0.2) is 0 Å². The molecular weight excluding hydrogens is 414 g/mol. The van der Waals surface area contributed by atoms with E-state index < -0.39 is 16.1 Å². The minimum atomic E-state index is -4.22. The highest BCUT2D eigenvalue weighted by molar-refractivity contribution is 7.90. The zero-order chi connectivity index (χ0) is 21.7. The van der Waals surface area contributed by atoms with Crippen molar-refractivity contribution < 1.29 is 27.5 Å². The van der Waals surface area contributed by atoms with E-state index in [-0.39, 0.29) is 35.1 Å². The van der Waals surface area contributed by atoms with Crippen LogP contribution in [0, 0.1) is 0 Å². The molecule has 1 aromatic carbocycles. The van der Waals surface area contributed by atoms with Crippen molar-refractivity contribution in [3.05, 3.63) is 35.9 Å². The number of ether oxygens (including phenoxy) is 2. The van der Waals surface area contributed by atoms with Crippen LogP contribution in [-0.4, -0.2) is 56.0 Å². The molecule has 1 aliphatic rings. The number of rotatable bonds is 7. The van der Waals surface area contributed by atoms with Gasteiger partial charge in [-0.3, -0.25) is 10.1 Å². The molecule has 1 fully saturated rings. The van der Waals surface area contributed by atoms with E-state index in [0.29, 0.717) is 18.5 Å². The monoisotopic (exact) mass is 435 g/mol. The molecule has 0 saturated carbocycles. The van der Waals surface area contributed by atoms with Crippen LogP contribution in [0.25, 0.3) is 0 Å². The molecule has 0 spiro atoms. The number of amides is 3. The summed E-state index contributed by atoms with van der Waals surface area (Å²) >= 11 is 0. The van der Waals surface area contributed by atoms with E-state index >= 15 is 0 Å². The number of sulfonamides is 1. The number of carbonyl (C=O) groups excluding carboxylic acids is 2. The van der Waals surface area contributed by atoms with Gasteiger partial charge in [0, 0.05) is 19.5 Å². The van der Waals surface area contributed by atoms with E-state index in [2.05, 4.69) is 15.3 Å². The van der Waals surface area contributed by atoms with Crippen molar-refractivity contribution in [1.82, 2.24) is 19.6 Å². The molecule has 2 heterocycles. The topological polar surface area (TPSA) is 140 Å². The van der Waals surface area contributed by atoms with E-state index in [1.165, 1.54) is 32.4 Å². The SMILES string of the molecule is COc1cc(OC)nc(NC(=O)NS(=O)(=O)c2ccccc2CN2CCCC2=O)n1. The summed E-state index contributed by atoms with van der Waals surface area (Å²) < 4.78 is 37.5. The number of methoxy groups -OCH3 is 2. The Bertz CT molecular complexity index is 1040. The fraction of sp³-hybridized carbons (Fsp3) is 0.333. The lowest BCUT2D eigenvalue weighted by Crippen LogP contribution is -2.36. The summed E-state index contributed by atoms with van der Waals surface area (Å²) in [6.07, 6.45) is 1.18. The van der Waals surface area contributed by atoms with Crippen LogP contribution in [0.5, 0.6) is 11.8 Å². The van der Waals surface area contributed by atoms with Crippen molar-refractivity contribution >= 4 is 27.9 Å². The molecule has 0 atom stereocenters. The lowest BCUT2D eigenvalue weighted by atomic mass is 10.2. The van der Waals surface area contributed by atoms with Gasteiger partial charge in [-0.05, 0) is 18.1 Å². The first-order chi connectivity index (χ1) is 14.3. The second-order valence-corrected chi connectivity index (χ2v) is 8.01. The number of hydrogen-bond donors (Lipinski definition) is 2. The zero-order valence-electron chi connectivity index (χ0n) is 16.4. The number of anilines is 1. The van der Waals surface area contributed by atoms with Crippen LogP contribution in [0.2, 0.25) is 0 Å². The Morgan fingerprint density at radius 2 is 1.83 bits per heavy atom. The first-order valence-electron chi connectivity index (χ1n) is 8.99. The van der Waals surface area contributed by atoms with Crippen molar-refractivity contribution in [2.45, 2.75) is 24.3 Å². The average molecular weight is 435 g/mol. The molecule has 2 N–H and O–H groups in total. The van der Waals surface area contributed by atoms with Gasteiger partial charge in [0.1, 0.15) is 0 Å². The molecule has 3 rings (SSSR count). The molecule has 30 heavy (non-hydrogen) atoms. The van der Waals surface area contributed by atoms with Crippen LogP contribution < -0.4 is 19.5 Å². The molecule has 1 aliphatic heterocycles. The summed E-state index contributed by atoms with van der Waals surface area (Å²) in [6.45, 7) is 0.712. The molecule has 1 aromatic heterocycles. The molecule has 0 aliphatic carbocycles. The van der Waals surface area contributed by atoms with Gasteiger partial charge in [-0.1, -0.05) is 18.2 Å². The summed E-state index contributed by atoms with van der Waals surface area (Å²) in [5, 5.41) is 2.24. The van der Waals surface area contributed by atoms with E-state index in [1.54, 1.807) is 17.0 Å². The number of urea groups is 1. The van der Waals surface area contributed by atoms with E-state index in [4.69, 9.17) is 9.47 Å². The standard InChI is InChI=1S/C18H21N5O6S/c1-28-14-10-15(29-2)20-17(19-14)21-18(25)22-30(26,27)13-7-4-3-6-12(13)11-23-9-5-8-16(23)24/h3-4,6-7,10H,5,8-9,11H2,1-2H3,(H2,19,20,21,22,25). The van der Waals surface area contributed by atoms with Gasteiger partial charge in [-0.2, -0.15) is 9.97 Å².